The van der Waals surface area contributed by atoms with Crippen molar-refractivity contribution in [2.45, 2.75) is 6.42 Å². The van der Waals surface area contributed by atoms with E-state index in [2.05, 4.69) is 4.90 Å². The lowest BCUT2D eigenvalue weighted by Gasteiger charge is -2.14. The van der Waals surface area contributed by atoms with Gasteiger partial charge in [0.05, 0.1) is 12.5 Å². The van der Waals surface area contributed by atoms with E-state index in [0.717, 1.165) is 16.5 Å². The van der Waals surface area contributed by atoms with Crippen molar-refractivity contribution in [3.63, 3.8) is 0 Å². The van der Waals surface area contributed by atoms with E-state index < -0.39 is 0 Å². The topological polar surface area (TPSA) is 43.7 Å². The molecule has 64 valence electrons. The Balaban J connectivity index is 2.64. The van der Waals surface area contributed by atoms with Gasteiger partial charge in [-0.25, -0.2) is 0 Å². The van der Waals surface area contributed by atoms with Crippen LogP contribution in [0.2, 0.25) is 0 Å². The highest BCUT2D eigenvalue weighted by atomic mass is 32.2. The SMILES string of the molecule is CN1CSC(CO)=C1CCO. The van der Waals surface area contributed by atoms with Crippen molar-refractivity contribution < 1.29 is 10.2 Å². The number of aliphatic hydroxyl groups is 2. The van der Waals surface area contributed by atoms with Crippen molar-refractivity contribution in [2.75, 3.05) is 26.1 Å². The summed E-state index contributed by atoms with van der Waals surface area (Å²) in [4.78, 5) is 3.06. The van der Waals surface area contributed by atoms with Crippen LogP contribution in [0.3, 0.4) is 0 Å². The summed E-state index contributed by atoms with van der Waals surface area (Å²) in [5.74, 6) is 0.894. The number of rotatable bonds is 3. The van der Waals surface area contributed by atoms with Gasteiger partial charge in [-0.3, -0.25) is 0 Å². The van der Waals surface area contributed by atoms with Crippen LogP contribution in [0, 0.1) is 0 Å². The average molecular weight is 175 g/mol. The third kappa shape index (κ3) is 1.89. The molecule has 1 aliphatic heterocycles. The summed E-state index contributed by atoms with van der Waals surface area (Å²) in [7, 11) is 1.97. The Labute approximate surface area is 70.7 Å². The standard InChI is InChI=1S/C7H13NO2S/c1-8-5-11-7(4-10)6(8)2-3-9/h9-10H,2-5H2,1H3. The van der Waals surface area contributed by atoms with Crippen molar-refractivity contribution >= 4 is 11.8 Å². The van der Waals surface area contributed by atoms with Crippen molar-refractivity contribution in [3.05, 3.63) is 10.6 Å². The first-order valence-electron chi connectivity index (χ1n) is 3.57. The first-order valence-corrected chi connectivity index (χ1v) is 4.56. The first-order chi connectivity index (χ1) is 5.29. The fraction of sp³-hybridized carbons (Fsp3) is 0.714. The van der Waals surface area contributed by atoms with Crippen molar-refractivity contribution in [1.29, 1.82) is 0 Å². The van der Waals surface area contributed by atoms with Crippen LogP contribution in [0.25, 0.3) is 0 Å². The van der Waals surface area contributed by atoms with E-state index in [1.165, 1.54) is 0 Å². The van der Waals surface area contributed by atoms with Crippen LogP contribution in [0.1, 0.15) is 6.42 Å². The molecule has 11 heavy (non-hydrogen) atoms. The predicted molar refractivity (Wildman–Crippen MR) is 46.0 cm³/mol. The summed E-state index contributed by atoms with van der Waals surface area (Å²) in [5.41, 5.74) is 1.08. The van der Waals surface area contributed by atoms with E-state index >= 15 is 0 Å². The summed E-state index contributed by atoms with van der Waals surface area (Å²) in [6, 6.07) is 0. The van der Waals surface area contributed by atoms with E-state index in [1.54, 1.807) is 11.8 Å². The fourth-order valence-electron chi connectivity index (χ4n) is 1.12. The Morgan fingerprint density at radius 1 is 1.55 bits per heavy atom. The molecule has 0 aromatic rings. The zero-order chi connectivity index (χ0) is 8.27. The molecule has 0 saturated heterocycles. The first kappa shape index (κ1) is 8.90. The van der Waals surface area contributed by atoms with Crippen LogP contribution in [0.5, 0.6) is 0 Å². The van der Waals surface area contributed by atoms with Crippen LogP contribution in [-0.2, 0) is 0 Å². The third-order valence-electron chi connectivity index (χ3n) is 1.71. The lowest BCUT2D eigenvalue weighted by Crippen LogP contribution is -2.13. The Bertz CT molecular complexity index is 170. The van der Waals surface area contributed by atoms with E-state index in [9.17, 15) is 0 Å². The average Bonchev–Trinajstić information content (AvgIpc) is 2.34. The number of hydrogen-bond acceptors (Lipinski definition) is 4. The molecule has 1 rings (SSSR count). The summed E-state index contributed by atoms with van der Waals surface area (Å²) in [5, 5.41) is 17.6. The molecule has 3 nitrogen and oxygen atoms in total. The molecule has 0 fully saturated rings. The van der Waals surface area contributed by atoms with Gasteiger partial charge >= 0.3 is 0 Å². The molecule has 0 unspecified atom stereocenters. The Morgan fingerprint density at radius 2 is 2.27 bits per heavy atom. The summed E-state index contributed by atoms with van der Waals surface area (Å²) >= 11 is 1.64. The predicted octanol–water partition coefficient (Wildman–Crippen LogP) is 0.209. The van der Waals surface area contributed by atoms with Gasteiger partial charge in [-0.15, -0.1) is 11.8 Å². The highest BCUT2D eigenvalue weighted by Gasteiger charge is 2.18. The molecule has 0 bridgehead atoms. The maximum atomic E-state index is 8.89. The molecule has 0 radical (unpaired) electrons. The van der Waals surface area contributed by atoms with Gasteiger partial charge < -0.3 is 15.1 Å². The van der Waals surface area contributed by atoms with Crippen molar-refractivity contribution in [1.82, 2.24) is 4.90 Å². The maximum Gasteiger partial charge on any atom is 0.0758 e. The molecule has 0 aromatic heterocycles. The Kier molecular flexibility index (Phi) is 3.23. The highest BCUT2D eigenvalue weighted by molar-refractivity contribution is 8.03. The van der Waals surface area contributed by atoms with Gasteiger partial charge in [-0.1, -0.05) is 0 Å². The fourth-order valence-corrected chi connectivity index (χ4v) is 2.14. The number of hydrogen-bond donors (Lipinski definition) is 2. The van der Waals surface area contributed by atoms with E-state index in [4.69, 9.17) is 10.2 Å². The quantitative estimate of drug-likeness (QED) is 0.643. The van der Waals surface area contributed by atoms with Gasteiger partial charge in [0.15, 0.2) is 0 Å². The van der Waals surface area contributed by atoms with Gasteiger partial charge in [0.25, 0.3) is 0 Å². The molecule has 1 aliphatic rings. The zero-order valence-electron chi connectivity index (χ0n) is 6.58. The largest absolute Gasteiger partial charge is 0.396 e. The molecule has 1 heterocycles. The minimum absolute atomic E-state index is 0.102. The third-order valence-corrected chi connectivity index (χ3v) is 2.94. The minimum Gasteiger partial charge on any atom is -0.396 e. The molecule has 0 spiro atoms. The van der Waals surface area contributed by atoms with Crippen LogP contribution in [0.15, 0.2) is 10.6 Å². The molecule has 4 heteroatoms. The highest BCUT2D eigenvalue weighted by Crippen LogP contribution is 2.31. The van der Waals surface area contributed by atoms with E-state index in [1.807, 2.05) is 7.05 Å². The molecular formula is C7H13NO2S. The molecule has 0 aliphatic carbocycles. The summed E-state index contributed by atoms with van der Waals surface area (Å²) in [6.45, 7) is 0.258. The Hall–Kier alpha value is -0.190. The number of aliphatic hydroxyl groups excluding tert-OH is 2. The van der Waals surface area contributed by atoms with Crippen LogP contribution < -0.4 is 0 Å². The number of nitrogens with zero attached hydrogens (tertiary/aromatic N) is 1. The second kappa shape index (κ2) is 3.99. The molecule has 2 N–H and O–H groups in total. The second-order valence-corrected chi connectivity index (χ2v) is 3.51. The monoisotopic (exact) mass is 175 g/mol. The van der Waals surface area contributed by atoms with Gasteiger partial charge in [-0.05, 0) is 0 Å². The lowest BCUT2D eigenvalue weighted by atomic mass is 10.3. The van der Waals surface area contributed by atoms with E-state index in [0.29, 0.717) is 6.42 Å². The van der Waals surface area contributed by atoms with Crippen LogP contribution >= 0.6 is 11.8 Å². The molecule has 0 atom stereocenters. The molecule has 0 saturated carbocycles. The zero-order valence-corrected chi connectivity index (χ0v) is 7.39. The maximum absolute atomic E-state index is 8.89. The van der Waals surface area contributed by atoms with Gasteiger partial charge in [0.1, 0.15) is 0 Å². The summed E-state index contributed by atoms with van der Waals surface area (Å²) < 4.78 is 0. The van der Waals surface area contributed by atoms with Crippen molar-refractivity contribution in [2.24, 2.45) is 0 Å². The van der Waals surface area contributed by atoms with Crippen LogP contribution in [0.4, 0.5) is 0 Å². The smallest absolute Gasteiger partial charge is 0.0758 e. The number of thioether (sulfide) groups is 1. The van der Waals surface area contributed by atoms with Gasteiger partial charge in [0.2, 0.25) is 0 Å². The second-order valence-electron chi connectivity index (χ2n) is 2.47. The van der Waals surface area contributed by atoms with E-state index in [-0.39, 0.29) is 13.2 Å². The lowest BCUT2D eigenvalue weighted by molar-refractivity contribution is 0.282. The minimum atomic E-state index is 0.102. The normalized spacial score (nSPS) is 18.3. The molecule has 0 aromatic carbocycles. The van der Waals surface area contributed by atoms with Gasteiger partial charge in [-0.2, -0.15) is 0 Å². The Morgan fingerprint density at radius 3 is 2.82 bits per heavy atom. The van der Waals surface area contributed by atoms with Crippen LogP contribution in [-0.4, -0.2) is 41.3 Å². The molecule has 0 amide bonds. The van der Waals surface area contributed by atoms with Crippen molar-refractivity contribution in [3.8, 4) is 0 Å². The van der Waals surface area contributed by atoms with Gasteiger partial charge in [0, 0.05) is 30.7 Å². The molecular weight excluding hydrogens is 162 g/mol. The summed E-state index contributed by atoms with van der Waals surface area (Å²) in [6.07, 6.45) is 0.652.